The highest BCUT2D eigenvalue weighted by Gasteiger charge is 2.40. The zero-order valence-electron chi connectivity index (χ0n) is 19.9. The molecule has 3 aliphatic rings. The van der Waals surface area contributed by atoms with Crippen molar-refractivity contribution in [2.75, 3.05) is 26.9 Å². The van der Waals surface area contributed by atoms with Crippen LogP contribution in [0.5, 0.6) is 17.2 Å². The molecule has 0 radical (unpaired) electrons. The molecule has 10 nitrogen and oxygen atoms in total. The number of aromatic nitrogens is 4. The summed E-state index contributed by atoms with van der Waals surface area (Å²) in [6, 6.07) is 5.32. The first-order valence-electron chi connectivity index (χ1n) is 12.3. The van der Waals surface area contributed by atoms with Crippen molar-refractivity contribution in [3.8, 4) is 17.2 Å². The molecule has 0 saturated carbocycles. The summed E-state index contributed by atoms with van der Waals surface area (Å²) in [7, 11) is 1.60. The maximum absolute atomic E-state index is 12.6. The summed E-state index contributed by atoms with van der Waals surface area (Å²) in [5, 5.41) is 3.71. The van der Waals surface area contributed by atoms with Crippen LogP contribution in [0.4, 0.5) is 0 Å². The number of nitrogens with zero attached hydrogens (tertiary/aromatic N) is 5. The second-order valence-corrected chi connectivity index (χ2v) is 9.46. The molecule has 3 aromatic heterocycles. The predicted molar refractivity (Wildman–Crippen MR) is 129 cm³/mol. The molecule has 3 atom stereocenters. The first kappa shape index (κ1) is 22.2. The minimum Gasteiger partial charge on any atom is -0.495 e. The lowest BCUT2D eigenvalue weighted by Gasteiger charge is -2.39. The van der Waals surface area contributed by atoms with Gasteiger partial charge in [-0.05, 0) is 25.7 Å². The summed E-state index contributed by atoms with van der Waals surface area (Å²) in [5.41, 5.74) is 2.14. The van der Waals surface area contributed by atoms with Crippen LogP contribution >= 0.6 is 0 Å². The molecular formula is C25H30N6O4. The van der Waals surface area contributed by atoms with Gasteiger partial charge >= 0.3 is 0 Å². The third-order valence-corrected chi connectivity index (χ3v) is 7.44. The smallest absolute Gasteiger partial charge is 0.269 e. The van der Waals surface area contributed by atoms with Gasteiger partial charge in [-0.25, -0.2) is 9.97 Å². The summed E-state index contributed by atoms with van der Waals surface area (Å²) in [4.78, 5) is 28.3. The van der Waals surface area contributed by atoms with Gasteiger partial charge in [0.25, 0.3) is 5.56 Å². The van der Waals surface area contributed by atoms with Crippen LogP contribution in [0, 0.1) is 0 Å². The Bertz CT molecular complexity index is 1270. The van der Waals surface area contributed by atoms with Crippen molar-refractivity contribution in [2.24, 2.45) is 0 Å². The zero-order valence-corrected chi connectivity index (χ0v) is 19.9. The van der Waals surface area contributed by atoms with Gasteiger partial charge in [-0.3, -0.25) is 14.7 Å². The maximum atomic E-state index is 12.6. The van der Waals surface area contributed by atoms with Crippen LogP contribution < -0.4 is 25.1 Å². The monoisotopic (exact) mass is 478 g/mol. The van der Waals surface area contributed by atoms with E-state index < -0.39 is 0 Å². The first-order valence-corrected chi connectivity index (χ1v) is 12.3. The molecule has 184 valence electrons. The Balaban J connectivity index is 1.09. The molecular weight excluding hydrogens is 448 g/mol. The number of rotatable bonds is 7. The Morgan fingerprint density at radius 1 is 1.00 bits per heavy atom. The summed E-state index contributed by atoms with van der Waals surface area (Å²) in [6.45, 7) is 3.32. The van der Waals surface area contributed by atoms with Gasteiger partial charge in [0.2, 0.25) is 0 Å². The van der Waals surface area contributed by atoms with Crippen molar-refractivity contribution in [1.82, 2.24) is 29.7 Å². The minimum atomic E-state index is -0.108. The van der Waals surface area contributed by atoms with E-state index in [1.807, 2.05) is 12.1 Å². The van der Waals surface area contributed by atoms with E-state index in [-0.39, 0.29) is 5.56 Å². The predicted octanol–water partition coefficient (Wildman–Crippen LogP) is 1.75. The molecule has 3 aliphatic heterocycles. The zero-order chi connectivity index (χ0) is 23.8. The number of hydrogen-bond donors (Lipinski definition) is 1. The van der Waals surface area contributed by atoms with Gasteiger partial charge in [0.1, 0.15) is 19.0 Å². The van der Waals surface area contributed by atoms with Gasteiger partial charge < -0.3 is 24.1 Å². The summed E-state index contributed by atoms with van der Waals surface area (Å²) in [6.07, 6.45) is 9.35. The lowest BCUT2D eigenvalue weighted by Crippen LogP contribution is -2.50. The Labute approximate surface area is 203 Å². The van der Waals surface area contributed by atoms with Crippen LogP contribution in [0.1, 0.15) is 31.4 Å². The maximum Gasteiger partial charge on any atom is 0.269 e. The van der Waals surface area contributed by atoms with Gasteiger partial charge in [-0.2, -0.15) is 0 Å². The molecule has 2 saturated heterocycles. The standard InChI is InChI=1S/C25H30N6O4/c1-33-20-11-21-25(28-13-20)29-15-24(32)31(21)5-4-30-18-2-3-19(30)9-16(8-18)26-12-17-10-22-23(14-27-17)35-7-6-34-22/h10-11,13-16,18-19,26H,2-9,12H2,1H3/t16?,18-,19+. The quantitative estimate of drug-likeness (QED) is 0.544. The van der Waals surface area contributed by atoms with E-state index in [0.29, 0.717) is 61.3 Å². The van der Waals surface area contributed by atoms with Crippen LogP contribution in [0.2, 0.25) is 0 Å². The highest BCUT2D eigenvalue weighted by atomic mass is 16.6. The largest absolute Gasteiger partial charge is 0.495 e. The number of ether oxygens (including phenoxy) is 3. The average Bonchev–Trinajstić information content (AvgIpc) is 3.13. The van der Waals surface area contributed by atoms with E-state index in [9.17, 15) is 4.79 Å². The molecule has 2 fully saturated rings. The van der Waals surface area contributed by atoms with Crippen LogP contribution in [0.15, 0.2) is 35.5 Å². The summed E-state index contributed by atoms with van der Waals surface area (Å²) < 4.78 is 18.3. The molecule has 2 bridgehead atoms. The van der Waals surface area contributed by atoms with Crippen molar-refractivity contribution in [3.63, 3.8) is 0 Å². The van der Waals surface area contributed by atoms with Gasteiger partial charge in [0.05, 0.1) is 36.9 Å². The van der Waals surface area contributed by atoms with Crippen LogP contribution in [-0.2, 0) is 13.1 Å². The Hall–Kier alpha value is -3.24. The fraction of sp³-hybridized carbons (Fsp3) is 0.520. The van der Waals surface area contributed by atoms with Crippen LogP contribution in [0.25, 0.3) is 11.2 Å². The Kier molecular flexibility index (Phi) is 5.99. The van der Waals surface area contributed by atoms with Gasteiger partial charge in [-0.1, -0.05) is 0 Å². The normalized spacial score (nSPS) is 23.5. The highest BCUT2D eigenvalue weighted by Crippen LogP contribution is 2.36. The molecule has 6 heterocycles. The fourth-order valence-electron chi connectivity index (χ4n) is 5.73. The SMILES string of the molecule is COc1cnc2ncc(=O)n(CCN3[C@@H]4CC[C@H]3CC(NCc3cc5c(cn3)OCCO5)C4)c2c1. The molecule has 0 aromatic carbocycles. The molecule has 10 heteroatoms. The third kappa shape index (κ3) is 4.43. The average molecular weight is 479 g/mol. The first-order chi connectivity index (χ1) is 17.2. The molecule has 0 amide bonds. The highest BCUT2D eigenvalue weighted by molar-refractivity contribution is 5.71. The molecule has 3 aromatic rings. The van der Waals surface area contributed by atoms with Crippen molar-refractivity contribution < 1.29 is 14.2 Å². The third-order valence-electron chi connectivity index (χ3n) is 7.44. The second-order valence-electron chi connectivity index (χ2n) is 9.46. The fourth-order valence-corrected chi connectivity index (χ4v) is 5.73. The van der Waals surface area contributed by atoms with E-state index in [4.69, 9.17) is 14.2 Å². The number of pyridine rings is 2. The number of fused-ring (bicyclic) bond motifs is 4. The van der Waals surface area contributed by atoms with E-state index in [1.165, 1.54) is 19.0 Å². The number of piperidine rings is 1. The molecule has 1 unspecified atom stereocenters. The topological polar surface area (TPSA) is 104 Å². The van der Waals surface area contributed by atoms with E-state index >= 15 is 0 Å². The van der Waals surface area contributed by atoms with Gasteiger partial charge in [0.15, 0.2) is 17.1 Å². The van der Waals surface area contributed by atoms with Crippen LogP contribution in [-0.4, -0.2) is 69.4 Å². The number of hydrogen-bond acceptors (Lipinski definition) is 9. The summed E-state index contributed by atoms with van der Waals surface area (Å²) in [5.74, 6) is 2.13. The van der Waals surface area contributed by atoms with E-state index in [0.717, 1.165) is 36.6 Å². The second kappa shape index (κ2) is 9.43. The summed E-state index contributed by atoms with van der Waals surface area (Å²) >= 11 is 0. The molecule has 1 N–H and O–H groups in total. The van der Waals surface area contributed by atoms with Crippen molar-refractivity contribution in [3.05, 3.63) is 46.8 Å². The molecule has 0 aliphatic carbocycles. The van der Waals surface area contributed by atoms with Gasteiger partial charge in [-0.15, -0.1) is 0 Å². The minimum absolute atomic E-state index is 0.108. The number of nitrogens with one attached hydrogen (secondary N) is 1. The lowest BCUT2D eigenvalue weighted by molar-refractivity contribution is 0.112. The molecule has 6 rings (SSSR count). The van der Waals surface area contributed by atoms with Gasteiger partial charge in [0, 0.05) is 49.9 Å². The Morgan fingerprint density at radius 2 is 1.77 bits per heavy atom. The van der Waals surface area contributed by atoms with Crippen LogP contribution in [0.3, 0.4) is 0 Å². The Morgan fingerprint density at radius 3 is 2.57 bits per heavy atom. The van der Waals surface area contributed by atoms with E-state index in [1.54, 1.807) is 24.1 Å². The van der Waals surface area contributed by atoms with E-state index in [2.05, 4.69) is 25.2 Å². The molecule has 0 spiro atoms. The number of methoxy groups -OCH3 is 1. The van der Waals surface area contributed by atoms with Crippen molar-refractivity contribution in [1.29, 1.82) is 0 Å². The van der Waals surface area contributed by atoms with Crippen molar-refractivity contribution in [2.45, 2.75) is 56.9 Å². The van der Waals surface area contributed by atoms with Crippen molar-refractivity contribution >= 4 is 11.2 Å². The molecule has 35 heavy (non-hydrogen) atoms. The lowest BCUT2D eigenvalue weighted by atomic mass is 9.97.